The van der Waals surface area contributed by atoms with Crippen LogP contribution in [-0.4, -0.2) is 24.0 Å². The lowest BCUT2D eigenvalue weighted by Crippen LogP contribution is -2.45. The molecule has 0 amide bonds. The zero-order valence-corrected chi connectivity index (χ0v) is 7.04. The van der Waals surface area contributed by atoms with Crippen molar-refractivity contribution in [1.29, 1.82) is 0 Å². The van der Waals surface area contributed by atoms with Gasteiger partial charge in [0.15, 0.2) is 5.78 Å². The summed E-state index contributed by atoms with van der Waals surface area (Å²) in [7, 11) is 0. The second-order valence-corrected chi connectivity index (χ2v) is 2.94. The van der Waals surface area contributed by atoms with Crippen LogP contribution < -0.4 is 0 Å². The lowest BCUT2D eigenvalue weighted by molar-refractivity contribution is -0.171. The second kappa shape index (κ2) is 3.21. The first-order valence-corrected chi connectivity index (χ1v) is 3.96. The number of hydrogen-bond acceptors (Lipinski definition) is 3. The summed E-state index contributed by atoms with van der Waals surface area (Å²) in [5.74, 6) is -2.20. The van der Waals surface area contributed by atoms with E-state index in [-0.39, 0.29) is 0 Å². The zero-order valence-electron chi connectivity index (χ0n) is 7.04. The van der Waals surface area contributed by atoms with Crippen molar-refractivity contribution in [3.05, 3.63) is 0 Å². The summed E-state index contributed by atoms with van der Waals surface area (Å²) in [6.45, 7) is 3.37. The maximum atomic E-state index is 12.7. The number of ether oxygens (including phenoxy) is 1. The van der Waals surface area contributed by atoms with Crippen molar-refractivity contribution in [1.82, 2.24) is 0 Å². The highest BCUT2D eigenvalue weighted by atomic mass is 19.1. The molecule has 0 aromatic carbocycles. The molecule has 1 fully saturated rings. The molecule has 1 saturated heterocycles. The lowest BCUT2D eigenvalue weighted by atomic mass is 9.92. The van der Waals surface area contributed by atoms with Crippen molar-refractivity contribution in [2.45, 2.75) is 32.5 Å². The van der Waals surface area contributed by atoms with E-state index in [1.165, 1.54) is 0 Å². The van der Waals surface area contributed by atoms with Crippen LogP contribution in [0, 0.1) is 5.92 Å². The molecule has 0 bridgehead atoms. The Balaban J connectivity index is 2.77. The molecule has 3 atom stereocenters. The highest BCUT2D eigenvalue weighted by molar-refractivity contribution is 6.04. The summed E-state index contributed by atoms with van der Waals surface area (Å²) in [6.07, 6.45) is -1.97. The molecule has 3 nitrogen and oxygen atoms in total. The van der Waals surface area contributed by atoms with Crippen molar-refractivity contribution in [2.75, 3.05) is 0 Å². The normalized spacial score (nSPS) is 36.4. The van der Waals surface area contributed by atoms with Crippen LogP contribution in [0.25, 0.3) is 0 Å². The van der Waals surface area contributed by atoms with Crippen molar-refractivity contribution in [2.24, 2.45) is 5.92 Å². The molecule has 0 radical (unpaired) electrons. The van der Waals surface area contributed by atoms with Gasteiger partial charge in [0, 0.05) is 0 Å². The second-order valence-electron chi connectivity index (χ2n) is 2.94. The van der Waals surface area contributed by atoms with Gasteiger partial charge in [0.2, 0.25) is 0 Å². The van der Waals surface area contributed by atoms with Crippen molar-refractivity contribution in [3.63, 3.8) is 0 Å². The Morgan fingerprint density at radius 2 is 2.08 bits per heavy atom. The van der Waals surface area contributed by atoms with Gasteiger partial charge in [-0.15, -0.1) is 0 Å². The summed E-state index contributed by atoms with van der Waals surface area (Å²) in [6, 6.07) is 0. The van der Waals surface area contributed by atoms with E-state index in [1.807, 2.05) is 0 Å². The number of halogens is 1. The number of alkyl halides is 1. The number of hydrogen-bond donors (Lipinski definition) is 0. The van der Waals surface area contributed by atoms with Crippen LogP contribution >= 0.6 is 0 Å². The van der Waals surface area contributed by atoms with E-state index < -0.39 is 29.9 Å². The van der Waals surface area contributed by atoms with Gasteiger partial charge in [0.1, 0.15) is 6.10 Å². The average molecular weight is 174 g/mol. The first kappa shape index (κ1) is 9.16. The maximum Gasteiger partial charge on any atom is 0.348 e. The van der Waals surface area contributed by atoms with Crippen LogP contribution in [0.3, 0.4) is 0 Å². The minimum absolute atomic E-state index is 0.447. The van der Waals surface area contributed by atoms with Gasteiger partial charge in [-0.3, -0.25) is 4.79 Å². The fraction of sp³-hybridized carbons (Fsp3) is 0.750. The van der Waals surface area contributed by atoms with E-state index >= 15 is 0 Å². The smallest absolute Gasteiger partial charge is 0.348 e. The van der Waals surface area contributed by atoms with Crippen molar-refractivity contribution < 1.29 is 18.7 Å². The Labute approximate surface area is 69.9 Å². The highest BCUT2D eigenvalue weighted by Crippen LogP contribution is 2.22. The van der Waals surface area contributed by atoms with E-state index in [1.54, 1.807) is 13.8 Å². The lowest BCUT2D eigenvalue weighted by Gasteiger charge is -2.28. The Hall–Kier alpha value is -0.930. The van der Waals surface area contributed by atoms with Gasteiger partial charge in [0.05, 0.1) is 5.92 Å². The molecule has 0 aromatic rings. The minimum Gasteiger partial charge on any atom is -0.459 e. The minimum atomic E-state index is -2.07. The van der Waals surface area contributed by atoms with Crippen LogP contribution in [0.15, 0.2) is 0 Å². The number of rotatable bonds is 1. The molecule has 0 saturated carbocycles. The average Bonchev–Trinajstić information content (AvgIpc) is 2.08. The third kappa shape index (κ3) is 1.33. The van der Waals surface area contributed by atoms with Gasteiger partial charge in [-0.25, -0.2) is 9.18 Å². The Morgan fingerprint density at radius 1 is 1.50 bits per heavy atom. The first-order chi connectivity index (χ1) is 5.57. The molecule has 12 heavy (non-hydrogen) atoms. The van der Waals surface area contributed by atoms with Gasteiger partial charge in [-0.2, -0.15) is 0 Å². The summed E-state index contributed by atoms with van der Waals surface area (Å²) < 4.78 is 17.4. The monoisotopic (exact) mass is 174 g/mol. The third-order valence-corrected chi connectivity index (χ3v) is 2.13. The first-order valence-electron chi connectivity index (χ1n) is 3.96. The van der Waals surface area contributed by atoms with Crippen LogP contribution in [0.2, 0.25) is 0 Å². The molecule has 1 aliphatic heterocycles. The molecule has 4 heteroatoms. The van der Waals surface area contributed by atoms with E-state index in [4.69, 9.17) is 4.74 Å². The third-order valence-electron chi connectivity index (χ3n) is 2.13. The quantitative estimate of drug-likeness (QED) is 0.437. The van der Waals surface area contributed by atoms with Gasteiger partial charge in [-0.05, 0) is 6.42 Å². The topological polar surface area (TPSA) is 43.4 Å². The Morgan fingerprint density at radius 3 is 2.58 bits per heavy atom. The molecular weight excluding hydrogens is 163 g/mol. The molecular formula is C8H11FO3. The van der Waals surface area contributed by atoms with Gasteiger partial charge in [-0.1, -0.05) is 13.8 Å². The fourth-order valence-electron chi connectivity index (χ4n) is 1.28. The number of ketones is 1. The van der Waals surface area contributed by atoms with Crippen LogP contribution in [-0.2, 0) is 14.3 Å². The van der Waals surface area contributed by atoms with Crippen LogP contribution in [0.4, 0.5) is 4.39 Å². The summed E-state index contributed by atoms with van der Waals surface area (Å²) in [4.78, 5) is 21.7. The van der Waals surface area contributed by atoms with Crippen molar-refractivity contribution >= 4 is 11.8 Å². The molecule has 1 aliphatic rings. The maximum absolute atomic E-state index is 12.7. The van der Waals surface area contributed by atoms with E-state index in [0.29, 0.717) is 6.42 Å². The molecule has 68 valence electrons. The predicted octanol–water partition coefficient (Wildman–Crippen LogP) is 0.865. The Kier molecular flexibility index (Phi) is 2.45. The number of Topliss-reactive ketones (excluding diaryl/α,β-unsaturated/α-hetero) is 1. The summed E-state index contributed by atoms with van der Waals surface area (Å²) in [5, 5.41) is 0. The molecule has 0 spiro atoms. The Bertz CT molecular complexity index is 214. The summed E-state index contributed by atoms with van der Waals surface area (Å²) in [5.41, 5.74) is 0. The molecule has 1 rings (SSSR count). The number of esters is 1. The largest absolute Gasteiger partial charge is 0.459 e. The molecule has 3 unspecified atom stereocenters. The van der Waals surface area contributed by atoms with Gasteiger partial charge in [0.25, 0.3) is 6.17 Å². The zero-order chi connectivity index (χ0) is 9.30. The molecule has 0 aliphatic carbocycles. The number of cyclic esters (lactones) is 1. The van der Waals surface area contributed by atoms with E-state index in [0.717, 1.165) is 0 Å². The number of carbonyl (C=O) groups excluding carboxylic acids is 2. The molecule has 0 aromatic heterocycles. The SMILES string of the molecule is CCC1OC(=O)C(F)C(=O)C1C. The van der Waals surface area contributed by atoms with Crippen LogP contribution in [0.5, 0.6) is 0 Å². The summed E-state index contributed by atoms with van der Waals surface area (Å²) >= 11 is 0. The van der Waals surface area contributed by atoms with Gasteiger partial charge < -0.3 is 4.74 Å². The predicted molar refractivity (Wildman–Crippen MR) is 39.2 cm³/mol. The number of carbonyl (C=O) groups is 2. The van der Waals surface area contributed by atoms with Gasteiger partial charge >= 0.3 is 5.97 Å². The molecule has 1 heterocycles. The standard InChI is InChI=1S/C8H11FO3/c1-3-5-4(2)7(10)6(9)8(11)12-5/h4-6H,3H2,1-2H3. The van der Waals surface area contributed by atoms with Crippen molar-refractivity contribution in [3.8, 4) is 0 Å². The fourth-order valence-corrected chi connectivity index (χ4v) is 1.28. The molecule has 0 N–H and O–H groups in total. The van der Waals surface area contributed by atoms with E-state index in [2.05, 4.69) is 0 Å². The van der Waals surface area contributed by atoms with E-state index in [9.17, 15) is 14.0 Å². The van der Waals surface area contributed by atoms with Crippen LogP contribution in [0.1, 0.15) is 20.3 Å². The highest BCUT2D eigenvalue weighted by Gasteiger charge is 2.42.